The third kappa shape index (κ3) is 3.75. The summed E-state index contributed by atoms with van der Waals surface area (Å²) in [6.45, 7) is 7.99. The predicted molar refractivity (Wildman–Crippen MR) is 127 cm³/mol. The second kappa shape index (κ2) is 8.50. The smallest absolute Gasteiger partial charge is 0.255 e. The Morgan fingerprint density at radius 1 is 0.844 bits per heavy atom. The Kier molecular flexibility index (Phi) is 5.74. The van der Waals surface area contributed by atoms with E-state index in [0.717, 1.165) is 39.2 Å². The first-order valence-corrected chi connectivity index (χ1v) is 10.7. The van der Waals surface area contributed by atoms with Crippen LogP contribution in [0.3, 0.4) is 0 Å². The van der Waals surface area contributed by atoms with Gasteiger partial charge in [0.25, 0.3) is 5.91 Å². The van der Waals surface area contributed by atoms with Crippen molar-refractivity contribution < 1.29 is 14.3 Å². The number of ether oxygens (including phenoxy) is 1. The molecule has 0 N–H and O–H groups in total. The fourth-order valence-corrected chi connectivity index (χ4v) is 4.35. The standard InChI is InChI=1S/C27H28N2O3/c1-17-9-14-23(19(3)15-17)29-25(30)16-28(24-8-6-7-18(2)20(24)4)27(31)26(29)21-10-12-22(32-5)13-11-21/h6-15,26H,16H2,1-5H3/t26-/m1/s1. The minimum atomic E-state index is -0.761. The summed E-state index contributed by atoms with van der Waals surface area (Å²) >= 11 is 0. The van der Waals surface area contributed by atoms with Gasteiger partial charge in [-0.1, -0.05) is 42.0 Å². The molecule has 1 aliphatic rings. The van der Waals surface area contributed by atoms with E-state index >= 15 is 0 Å². The topological polar surface area (TPSA) is 49.9 Å². The largest absolute Gasteiger partial charge is 0.497 e. The number of anilines is 2. The molecule has 3 aromatic rings. The maximum atomic E-state index is 14.0. The van der Waals surface area contributed by atoms with Crippen LogP contribution >= 0.6 is 0 Å². The van der Waals surface area contributed by atoms with E-state index in [1.165, 1.54) is 0 Å². The number of benzene rings is 3. The fraction of sp³-hybridized carbons (Fsp3) is 0.259. The van der Waals surface area contributed by atoms with E-state index in [1.54, 1.807) is 16.9 Å². The van der Waals surface area contributed by atoms with Crippen LogP contribution in [0.5, 0.6) is 5.75 Å². The summed E-state index contributed by atoms with van der Waals surface area (Å²) in [4.78, 5) is 30.8. The van der Waals surface area contributed by atoms with Gasteiger partial charge < -0.3 is 9.64 Å². The van der Waals surface area contributed by atoms with E-state index in [9.17, 15) is 9.59 Å². The van der Waals surface area contributed by atoms with Crippen molar-refractivity contribution in [1.29, 1.82) is 0 Å². The fourth-order valence-electron chi connectivity index (χ4n) is 4.35. The Morgan fingerprint density at radius 3 is 2.22 bits per heavy atom. The Bertz CT molecular complexity index is 1180. The van der Waals surface area contributed by atoms with Crippen LogP contribution in [0.4, 0.5) is 11.4 Å². The second-order valence-electron chi connectivity index (χ2n) is 8.37. The third-order valence-electron chi connectivity index (χ3n) is 6.23. The van der Waals surface area contributed by atoms with Crippen molar-refractivity contribution in [2.75, 3.05) is 23.5 Å². The minimum Gasteiger partial charge on any atom is -0.497 e. The summed E-state index contributed by atoms with van der Waals surface area (Å²) in [5.74, 6) is 0.467. The molecule has 4 rings (SSSR count). The molecule has 0 bridgehead atoms. The molecule has 1 fully saturated rings. The van der Waals surface area contributed by atoms with Crippen LogP contribution in [0.15, 0.2) is 60.7 Å². The Balaban J connectivity index is 1.86. The number of nitrogens with zero attached hydrogens (tertiary/aromatic N) is 2. The maximum absolute atomic E-state index is 14.0. The van der Waals surface area contributed by atoms with Crippen molar-refractivity contribution in [3.05, 3.63) is 88.5 Å². The Morgan fingerprint density at radius 2 is 1.56 bits per heavy atom. The number of rotatable bonds is 4. The van der Waals surface area contributed by atoms with Crippen LogP contribution < -0.4 is 14.5 Å². The van der Waals surface area contributed by atoms with Crippen molar-refractivity contribution in [2.45, 2.75) is 33.7 Å². The highest BCUT2D eigenvalue weighted by Gasteiger charge is 2.42. The Labute approximate surface area is 189 Å². The van der Waals surface area contributed by atoms with Gasteiger partial charge in [0.15, 0.2) is 0 Å². The lowest BCUT2D eigenvalue weighted by Gasteiger charge is -2.41. The molecule has 164 valence electrons. The molecule has 5 nitrogen and oxygen atoms in total. The van der Waals surface area contributed by atoms with Gasteiger partial charge in [0.1, 0.15) is 18.3 Å². The zero-order valence-electron chi connectivity index (χ0n) is 19.2. The lowest BCUT2D eigenvalue weighted by Crippen LogP contribution is -2.56. The number of amides is 2. The van der Waals surface area contributed by atoms with Gasteiger partial charge in [-0.25, -0.2) is 0 Å². The van der Waals surface area contributed by atoms with E-state index in [2.05, 4.69) is 0 Å². The minimum absolute atomic E-state index is 0.00307. The van der Waals surface area contributed by atoms with Crippen molar-refractivity contribution in [3.8, 4) is 5.75 Å². The van der Waals surface area contributed by atoms with E-state index in [0.29, 0.717) is 5.75 Å². The normalized spacial score (nSPS) is 16.5. The molecule has 3 aromatic carbocycles. The van der Waals surface area contributed by atoms with Crippen LogP contribution in [-0.2, 0) is 9.59 Å². The number of methoxy groups -OCH3 is 1. The van der Waals surface area contributed by atoms with E-state index in [-0.39, 0.29) is 18.4 Å². The van der Waals surface area contributed by atoms with Crippen LogP contribution in [-0.4, -0.2) is 25.5 Å². The van der Waals surface area contributed by atoms with Gasteiger partial charge in [0, 0.05) is 11.4 Å². The molecule has 2 amide bonds. The predicted octanol–water partition coefficient (Wildman–Crippen LogP) is 5.05. The number of aryl methyl sites for hydroxylation is 3. The molecular formula is C27H28N2O3. The number of hydrogen-bond donors (Lipinski definition) is 0. The molecule has 0 aliphatic carbocycles. The molecular weight excluding hydrogens is 400 g/mol. The summed E-state index contributed by atoms with van der Waals surface area (Å²) < 4.78 is 5.29. The molecule has 1 saturated heterocycles. The summed E-state index contributed by atoms with van der Waals surface area (Å²) in [6.07, 6.45) is 0. The van der Waals surface area contributed by atoms with Gasteiger partial charge in [-0.05, 0) is 74.2 Å². The number of carbonyl (C=O) groups excluding carboxylic acids is 2. The van der Waals surface area contributed by atoms with Gasteiger partial charge >= 0.3 is 0 Å². The third-order valence-corrected chi connectivity index (χ3v) is 6.23. The number of hydrogen-bond acceptors (Lipinski definition) is 3. The number of piperazine rings is 1. The van der Waals surface area contributed by atoms with Crippen LogP contribution in [0.1, 0.15) is 33.9 Å². The zero-order valence-corrected chi connectivity index (χ0v) is 19.2. The molecule has 0 radical (unpaired) electrons. The van der Waals surface area contributed by atoms with Crippen molar-refractivity contribution in [2.24, 2.45) is 0 Å². The van der Waals surface area contributed by atoms with E-state index < -0.39 is 6.04 Å². The molecule has 0 saturated carbocycles. The molecule has 5 heteroatoms. The van der Waals surface area contributed by atoms with Crippen molar-refractivity contribution in [3.63, 3.8) is 0 Å². The first-order valence-electron chi connectivity index (χ1n) is 10.7. The van der Waals surface area contributed by atoms with E-state index in [4.69, 9.17) is 4.74 Å². The van der Waals surface area contributed by atoms with Crippen molar-refractivity contribution in [1.82, 2.24) is 0 Å². The van der Waals surface area contributed by atoms with Gasteiger partial charge in [-0.15, -0.1) is 0 Å². The van der Waals surface area contributed by atoms with Gasteiger partial charge in [0.05, 0.1) is 7.11 Å². The summed E-state index contributed by atoms with van der Waals surface area (Å²) in [7, 11) is 1.61. The van der Waals surface area contributed by atoms with Gasteiger partial charge in [-0.2, -0.15) is 0 Å². The lowest BCUT2D eigenvalue weighted by molar-refractivity contribution is -0.128. The quantitative estimate of drug-likeness (QED) is 0.584. The molecule has 0 aromatic heterocycles. The summed E-state index contributed by atoms with van der Waals surface area (Å²) in [6, 6.07) is 18.4. The second-order valence-corrected chi connectivity index (χ2v) is 8.37. The first-order chi connectivity index (χ1) is 15.3. The van der Waals surface area contributed by atoms with Crippen LogP contribution in [0.2, 0.25) is 0 Å². The molecule has 1 heterocycles. The molecule has 0 spiro atoms. The summed E-state index contributed by atoms with van der Waals surface area (Å²) in [5.41, 5.74) is 6.45. The monoisotopic (exact) mass is 428 g/mol. The average Bonchev–Trinajstić information content (AvgIpc) is 2.77. The van der Waals surface area contributed by atoms with Crippen LogP contribution in [0, 0.1) is 27.7 Å². The maximum Gasteiger partial charge on any atom is 0.255 e. The van der Waals surface area contributed by atoms with Gasteiger partial charge in [0.2, 0.25) is 5.91 Å². The molecule has 32 heavy (non-hydrogen) atoms. The van der Waals surface area contributed by atoms with E-state index in [1.807, 2.05) is 88.4 Å². The molecule has 1 aliphatic heterocycles. The Hall–Kier alpha value is -3.60. The SMILES string of the molecule is COc1ccc([C@@H]2C(=O)N(c3cccc(C)c3C)CC(=O)N2c2ccc(C)cc2C)cc1. The highest BCUT2D eigenvalue weighted by Crippen LogP contribution is 2.37. The average molecular weight is 429 g/mol. The van der Waals surface area contributed by atoms with Crippen molar-refractivity contribution >= 4 is 23.2 Å². The highest BCUT2D eigenvalue weighted by atomic mass is 16.5. The summed E-state index contributed by atoms with van der Waals surface area (Å²) in [5, 5.41) is 0. The zero-order chi connectivity index (χ0) is 23.0. The lowest BCUT2D eigenvalue weighted by atomic mass is 9.97. The van der Waals surface area contributed by atoms with Crippen LogP contribution in [0.25, 0.3) is 0 Å². The number of carbonyl (C=O) groups is 2. The van der Waals surface area contributed by atoms with Gasteiger partial charge in [-0.3, -0.25) is 14.5 Å². The highest BCUT2D eigenvalue weighted by molar-refractivity contribution is 6.15. The molecule has 1 atom stereocenters. The molecule has 0 unspecified atom stereocenters. The first kappa shape index (κ1) is 21.6.